The Bertz CT molecular complexity index is 1400. The molecule has 6 nitrogen and oxygen atoms in total. The molecule has 194 valence electrons. The lowest BCUT2D eigenvalue weighted by molar-refractivity contribution is -0.161. The molecule has 6 heteroatoms. The van der Waals surface area contributed by atoms with Crippen LogP contribution >= 0.6 is 0 Å². The Hall–Kier alpha value is -3.12. The maximum absolute atomic E-state index is 14.0. The van der Waals surface area contributed by atoms with Gasteiger partial charge in [-0.3, -0.25) is 4.79 Å². The van der Waals surface area contributed by atoms with E-state index in [9.17, 15) is 14.7 Å². The fourth-order valence-electron chi connectivity index (χ4n) is 7.06. The summed E-state index contributed by atoms with van der Waals surface area (Å²) in [6, 6.07) is 13.7. The molecule has 2 aromatic carbocycles. The van der Waals surface area contributed by atoms with E-state index in [1.54, 1.807) is 6.92 Å². The first-order valence-electron chi connectivity index (χ1n) is 13.7. The number of hydrogen-bond acceptors (Lipinski definition) is 5. The Morgan fingerprint density at radius 1 is 1.11 bits per heavy atom. The average molecular weight is 502 g/mol. The van der Waals surface area contributed by atoms with Crippen molar-refractivity contribution in [3.8, 4) is 5.75 Å². The number of ether oxygens (including phenoxy) is 1. The predicted molar refractivity (Wildman–Crippen MR) is 142 cm³/mol. The lowest BCUT2D eigenvalue weighted by atomic mass is 9.66. The molecule has 1 aromatic heterocycles. The molecule has 2 fully saturated rings. The SMILES string of the molecule is Cc1cc(OC(C)C(=O)N2CCC3(O)CCCCC3[C@@H]2c2ccccc2)c2c3c(c(=O)oc2c1)CCC3. The zero-order valence-electron chi connectivity index (χ0n) is 21.7. The first kappa shape index (κ1) is 24.2. The van der Waals surface area contributed by atoms with E-state index in [0.29, 0.717) is 30.7 Å². The second-order valence-electron chi connectivity index (χ2n) is 11.2. The van der Waals surface area contributed by atoms with Crippen LogP contribution in [0.25, 0.3) is 11.0 Å². The number of aryl methyl sites for hydroxylation is 2. The molecule has 1 aliphatic heterocycles. The molecule has 1 N–H and O–H groups in total. The molecule has 3 aromatic rings. The third kappa shape index (κ3) is 4.15. The lowest BCUT2D eigenvalue weighted by Gasteiger charge is -2.53. The summed E-state index contributed by atoms with van der Waals surface area (Å²) in [4.78, 5) is 28.5. The Labute approximate surface area is 217 Å². The number of carbonyl (C=O) groups is 1. The molecule has 1 saturated carbocycles. The van der Waals surface area contributed by atoms with Gasteiger partial charge in [-0.1, -0.05) is 43.2 Å². The second-order valence-corrected chi connectivity index (χ2v) is 11.2. The molecule has 2 aliphatic carbocycles. The summed E-state index contributed by atoms with van der Waals surface area (Å²) in [5.41, 5.74) is 3.23. The zero-order chi connectivity index (χ0) is 25.7. The number of piperidine rings is 1. The normalized spacial score (nSPS) is 26.0. The lowest BCUT2D eigenvalue weighted by Crippen LogP contribution is -2.58. The quantitative estimate of drug-likeness (QED) is 0.494. The van der Waals surface area contributed by atoms with Gasteiger partial charge in [0.15, 0.2) is 6.10 Å². The third-order valence-corrected chi connectivity index (χ3v) is 8.82. The molecule has 37 heavy (non-hydrogen) atoms. The maximum atomic E-state index is 14.0. The van der Waals surface area contributed by atoms with Gasteiger partial charge < -0.3 is 19.2 Å². The molecule has 1 saturated heterocycles. The van der Waals surface area contributed by atoms with Crippen molar-refractivity contribution in [2.75, 3.05) is 6.54 Å². The molecule has 3 aliphatic rings. The van der Waals surface area contributed by atoms with E-state index in [4.69, 9.17) is 9.15 Å². The molecule has 2 heterocycles. The van der Waals surface area contributed by atoms with E-state index >= 15 is 0 Å². The standard InChI is InChI=1S/C31H35NO5/c1-19-17-25(27-22-11-8-12-23(22)30(34)37-26(27)18-19)36-20(2)29(33)32-16-15-31(35)14-7-6-13-24(31)28(32)21-9-4-3-5-10-21/h3-5,9-10,17-18,20,24,28,35H,6-8,11-16H2,1-2H3/t20?,24?,28-,31?/m0/s1. The summed E-state index contributed by atoms with van der Waals surface area (Å²) in [6.07, 6.45) is 6.09. The largest absolute Gasteiger partial charge is 0.480 e. The molecule has 6 rings (SSSR count). The molecule has 0 spiro atoms. The summed E-state index contributed by atoms with van der Waals surface area (Å²) >= 11 is 0. The molecule has 1 amide bonds. The predicted octanol–water partition coefficient (Wildman–Crippen LogP) is 5.25. The Kier molecular flexibility index (Phi) is 6.10. The van der Waals surface area contributed by atoms with Crippen molar-refractivity contribution in [1.82, 2.24) is 4.90 Å². The summed E-state index contributed by atoms with van der Waals surface area (Å²) in [6.45, 7) is 4.24. The highest BCUT2D eigenvalue weighted by atomic mass is 16.5. The number of carbonyl (C=O) groups excluding carboxylic acids is 1. The highest BCUT2D eigenvalue weighted by molar-refractivity contribution is 5.90. The molecule has 0 bridgehead atoms. The molecule has 0 radical (unpaired) electrons. The summed E-state index contributed by atoms with van der Waals surface area (Å²) in [5, 5.41) is 12.4. The van der Waals surface area contributed by atoms with Crippen LogP contribution in [0.1, 0.15) is 73.7 Å². The Morgan fingerprint density at radius 2 is 1.89 bits per heavy atom. The van der Waals surface area contributed by atoms with Gasteiger partial charge in [0, 0.05) is 18.0 Å². The van der Waals surface area contributed by atoms with E-state index in [2.05, 4.69) is 12.1 Å². The third-order valence-electron chi connectivity index (χ3n) is 8.82. The minimum Gasteiger partial charge on any atom is -0.480 e. The van der Waals surface area contributed by atoms with Gasteiger partial charge >= 0.3 is 5.63 Å². The van der Waals surface area contributed by atoms with Crippen molar-refractivity contribution >= 4 is 16.9 Å². The summed E-state index contributed by atoms with van der Waals surface area (Å²) in [7, 11) is 0. The van der Waals surface area contributed by atoms with Crippen molar-refractivity contribution in [1.29, 1.82) is 0 Å². The number of nitrogens with zero attached hydrogens (tertiary/aromatic N) is 1. The summed E-state index contributed by atoms with van der Waals surface area (Å²) in [5.74, 6) is 0.524. The zero-order valence-corrected chi connectivity index (χ0v) is 21.7. The number of aliphatic hydroxyl groups is 1. The number of likely N-dealkylation sites (tertiary alicyclic amines) is 1. The van der Waals surface area contributed by atoms with E-state index in [1.165, 1.54) is 0 Å². The van der Waals surface area contributed by atoms with Crippen LogP contribution in [0.5, 0.6) is 5.75 Å². The fraction of sp³-hybridized carbons (Fsp3) is 0.484. The van der Waals surface area contributed by atoms with Crippen molar-refractivity contribution in [3.05, 3.63) is 75.1 Å². The molecular weight excluding hydrogens is 466 g/mol. The minimum absolute atomic E-state index is 0.00546. The van der Waals surface area contributed by atoms with Gasteiger partial charge in [0.25, 0.3) is 5.91 Å². The minimum atomic E-state index is -0.732. The number of fused-ring (bicyclic) bond motifs is 4. The van der Waals surface area contributed by atoms with Gasteiger partial charge in [0.05, 0.1) is 17.0 Å². The fourth-order valence-corrected chi connectivity index (χ4v) is 7.06. The first-order valence-corrected chi connectivity index (χ1v) is 13.7. The van der Waals surface area contributed by atoms with Gasteiger partial charge in [-0.2, -0.15) is 0 Å². The van der Waals surface area contributed by atoms with Crippen molar-refractivity contribution < 1.29 is 19.1 Å². The number of hydrogen-bond donors (Lipinski definition) is 1. The molecular formula is C31H35NO5. The van der Waals surface area contributed by atoms with Crippen LogP contribution in [0.4, 0.5) is 0 Å². The monoisotopic (exact) mass is 501 g/mol. The van der Waals surface area contributed by atoms with Crippen LogP contribution in [0, 0.1) is 12.8 Å². The van der Waals surface area contributed by atoms with E-state index < -0.39 is 11.7 Å². The first-order chi connectivity index (χ1) is 17.9. The highest BCUT2D eigenvalue weighted by Gasteiger charge is 2.50. The van der Waals surface area contributed by atoms with Gasteiger partial charge in [-0.05, 0) is 81.2 Å². The van der Waals surface area contributed by atoms with E-state index in [1.807, 2.05) is 42.2 Å². The Morgan fingerprint density at radius 3 is 2.70 bits per heavy atom. The number of benzene rings is 2. The van der Waals surface area contributed by atoms with Gasteiger partial charge in [-0.15, -0.1) is 0 Å². The number of amides is 1. The summed E-state index contributed by atoms with van der Waals surface area (Å²) < 4.78 is 12.1. The molecule has 4 atom stereocenters. The van der Waals surface area contributed by atoms with Crippen molar-refractivity contribution in [2.24, 2.45) is 5.92 Å². The van der Waals surface area contributed by atoms with Crippen LogP contribution in [0.15, 0.2) is 51.7 Å². The van der Waals surface area contributed by atoms with Crippen molar-refractivity contribution in [3.63, 3.8) is 0 Å². The van der Waals surface area contributed by atoms with Gasteiger partial charge in [0.2, 0.25) is 0 Å². The smallest absolute Gasteiger partial charge is 0.339 e. The maximum Gasteiger partial charge on any atom is 0.339 e. The van der Waals surface area contributed by atoms with Crippen molar-refractivity contribution in [2.45, 2.75) is 83.0 Å². The van der Waals surface area contributed by atoms with Crippen LogP contribution in [0.3, 0.4) is 0 Å². The van der Waals surface area contributed by atoms with Crippen LogP contribution in [0.2, 0.25) is 0 Å². The van der Waals surface area contributed by atoms with Gasteiger partial charge in [0.1, 0.15) is 11.3 Å². The van der Waals surface area contributed by atoms with E-state index in [0.717, 1.165) is 66.2 Å². The topological polar surface area (TPSA) is 80.0 Å². The second kappa shape index (κ2) is 9.32. The van der Waals surface area contributed by atoms with E-state index in [-0.39, 0.29) is 23.5 Å². The van der Waals surface area contributed by atoms with Crippen LogP contribution in [-0.2, 0) is 17.6 Å². The Balaban J connectivity index is 1.35. The average Bonchev–Trinajstić information content (AvgIpc) is 3.38. The van der Waals surface area contributed by atoms with Gasteiger partial charge in [-0.25, -0.2) is 4.79 Å². The van der Waals surface area contributed by atoms with Crippen LogP contribution < -0.4 is 10.4 Å². The highest BCUT2D eigenvalue weighted by Crippen LogP contribution is 2.49. The number of rotatable bonds is 4. The molecule has 3 unspecified atom stereocenters. The van der Waals surface area contributed by atoms with Crippen LogP contribution in [-0.4, -0.2) is 34.2 Å².